The number of hydrogen-bond donors (Lipinski definition) is 1. The summed E-state index contributed by atoms with van der Waals surface area (Å²) in [6.45, 7) is 0. The van der Waals surface area contributed by atoms with Gasteiger partial charge in [-0.15, -0.1) is 13.2 Å². The number of hydrogen-bond acceptors (Lipinski definition) is 3. The summed E-state index contributed by atoms with van der Waals surface area (Å²) in [5.74, 6) is -0.764. The highest BCUT2D eigenvalue weighted by Crippen LogP contribution is 2.35. The second-order valence-electron chi connectivity index (χ2n) is 2.19. The highest BCUT2D eigenvalue weighted by Gasteiger charge is 2.33. The number of aromatic nitrogens is 1. The van der Waals surface area contributed by atoms with Crippen molar-refractivity contribution in [3.8, 4) is 5.88 Å². The third kappa shape index (κ3) is 2.65. The number of anilines is 1. The van der Waals surface area contributed by atoms with E-state index >= 15 is 0 Å². The van der Waals surface area contributed by atoms with Gasteiger partial charge >= 0.3 is 6.36 Å². The average molecular weight is 291 g/mol. The van der Waals surface area contributed by atoms with Gasteiger partial charge in [-0.2, -0.15) is 0 Å². The topological polar surface area (TPSA) is 48.1 Å². The second-order valence-corrected chi connectivity index (χ2v) is 3.42. The first kappa shape index (κ1) is 11.4. The molecule has 0 aromatic carbocycles. The Hall–Kier alpha value is -0.690. The zero-order chi connectivity index (χ0) is 10.9. The van der Waals surface area contributed by atoms with Crippen molar-refractivity contribution in [2.75, 3.05) is 5.73 Å². The molecule has 0 saturated carbocycles. The number of rotatable bonds is 1. The van der Waals surface area contributed by atoms with E-state index in [1.54, 1.807) is 0 Å². The van der Waals surface area contributed by atoms with Crippen LogP contribution in [-0.4, -0.2) is 11.3 Å². The molecular formula is C6H3BrClF3N2O. The van der Waals surface area contributed by atoms with E-state index < -0.39 is 12.2 Å². The summed E-state index contributed by atoms with van der Waals surface area (Å²) in [5.41, 5.74) is 5.28. The summed E-state index contributed by atoms with van der Waals surface area (Å²) < 4.78 is 39.2. The van der Waals surface area contributed by atoms with E-state index in [0.29, 0.717) is 4.47 Å². The lowest BCUT2D eigenvalue weighted by molar-refractivity contribution is -0.276. The molecule has 0 radical (unpaired) electrons. The van der Waals surface area contributed by atoms with Gasteiger partial charge in [0.25, 0.3) is 0 Å². The van der Waals surface area contributed by atoms with Gasteiger partial charge in [0.05, 0.1) is 10.2 Å². The van der Waals surface area contributed by atoms with Crippen molar-refractivity contribution in [3.63, 3.8) is 0 Å². The lowest BCUT2D eigenvalue weighted by Crippen LogP contribution is -2.18. The summed E-state index contributed by atoms with van der Waals surface area (Å²) in [6.07, 6.45) is -3.76. The third-order valence-electron chi connectivity index (χ3n) is 1.19. The van der Waals surface area contributed by atoms with Crippen LogP contribution < -0.4 is 10.5 Å². The van der Waals surface area contributed by atoms with Gasteiger partial charge in [-0.3, -0.25) is 0 Å². The van der Waals surface area contributed by atoms with Crippen LogP contribution in [0.3, 0.4) is 0 Å². The standard InChI is InChI=1S/C6H3BrClF3N2O/c7-2-1-13-5(3(8)4(2)12)14-6(9,10)11/h1H,(H2,12,13). The van der Waals surface area contributed by atoms with Gasteiger partial charge in [0.15, 0.2) is 0 Å². The molecule has 1 aromatic heterocycles. The van der Waals surface area contributed by atoms with Gasteiger partial charge in [-0.05, 0) is 15.9 Å². The molecule has 0 unspecified atom stereocenters. The minimum absolute atomic E-state index is 0.0547. The van der Waals surface area contributed by atoms with Gasteiger partial charge in [0.2, 0.25) is 5.88 Å². The third-order valence-corrected chi connectivity index (χ3v) is 2.19. The van der Waals surface area contributed by atoms with Crippen LogP contribution in [0.15, 0.2) is 10.7 Å². The Bertz CT molecular complexity index is 358. The summed E-state index contributed by atoms with van der Waals surface area (Å²) >= 11 is 8.41. The molecule has 0 aliphatic rings. The Morgan fingerprint density at radius 2 is 2.07 bits per heavy atom. The zero-order valence-corrected chi connectivity index (χ0v) is 8.74. The fraction of sp³-hybridized carbons (Fsp3) is 0.167. The highest BCUT2D eigenvalue weighted by molar-refractivity contribution is 9.10. The Morgan fingerprint density at radius 1 is 1.50 bits per heavy atom. The summed E-state index contributed by atoms with van der Waals surface area (Å²) in [6, 6.07) is 0. The van der Waals surface area contributed by atoms with E-state index in [0.717, 1.165) is 6.20 Å². The number of ether oxygens (including phenoxy) is 1. The van der Waals surface area contributed by atoms with Crippen molar-refractivity contribution in [3.05, 3.63) is 15.7 Å². The molecule has 1 heterocycles. The molecule has 0 aliphatic heterocycles. The van der Waals surface area contributed by atoms with Crippen molar-refractivity contribution in [1.29, 1.82) is 0 Å². The first-order chi connectivity index (χ1) is 6.31. The Morgan fingerprint density at radius 3 is 2.57 bits per heavy atom. The molecule has 0 amide bonds. The Labute approximate surface area is 90.1 Å². The predicted octanol–water partition coefficient (Wildman–Crippen LogP) is 2.98. The minimum Gasteiger partial charge on any atom is -0.396 e. The maximum absolute atomic E-state index is 11.8. The van der Waals surface area contributed by atoms with Crippen LogP contribution in [0, 0.1) is 0 Å². The lowest BCUT2D eigenvalue weighted by atomic mass is 10.4. The monoisotopic (exact) mass is 290 g/mol. The van der Waals surface area contributed by atoms with E-state index in [-0.39, 0.29) is 10.7 Å². The van der Waals surface area contributed by atoms with E-state index in [9.17, 15) is 13.2 Å². The molecule has 1 rings (SSSR count). The molecule has 2 N–H and O–H groups in total. The average Bonchev–Trinajstić information content (AvgIpc) is 2.04. The van der Waals surface area contributed by atoms with E-state index in [4.69, 9.17) is 17.3 Å². The maximum Gasteiger partial charge on any atom is 0.574 e. The van der Waals surface area contributed by atoms with Crippen LogP contribution in [0.5, 0.6) is 5.88 Å². The van der Waals surface area contributed by atoms with Crippen LogP contribution in [0.2, 0.25) is 5.02 Å². The van der Waals surface area contributed by atoms with Crippen molar-refractivity contribution in [2.24, 2.45) is 0 Å². The molecule has 78 valence electrons. The smallest absolute Gasteiger partial charge is 0.396 e. The molecule has 0 atom stereocenters. The van der Waals surface area contributed by atoms with E-state index in [1.165, 1.54) is 0 Å². The van der Waals surface area contributed by atoms with Crippen molar-refractivity contribution >= 4 is 33.2 Å². The molecule has 0 fully saturated rings. The molecule has 1 aromatic rings. The molecular weight excluding hydrogens is 288 g/mol. The van der Waals surface area contributed by atoms with Gasteiger partial charge in [0, 0.05) is 6.20 Å². The van der Waals surface area contributed by atoms with Crippen LogP contribution >= 0.6 is 27.5 Å². The Balaban J connectivity index is 3.06. The van der Waals surface area contributed by atoms with Gasteiger partial charge in [0.1, 0.15) is 5.02 Å². The summed E-state index contributed by atoms with van der Waals surface area (Å²) in [5, 5.41) is -0.378. The first-order valence-electron chi connectivity index (χ1n) is 3.16. The van der Waals surface area contributed by atoms with Gasteiger partial charge in [-0.25, -0.2) is 4.98 Å². The normalized spacial score (nSPS) is 11.5. The van der Waals surface area contributed by atoms with Crippen LogP contribution in [-0.2, 0) is 0 Å². The number of pyridine rings is 1. The van der Waals surface area contributed by atoms with Crippen molar-refractivity contribution < 1.29 is 17.9 Å². The number of nitrogen functional groups attached to an aromatic ring is 1. The van der Waals surface area contributed by atoms with Crippen LogP contribution in [0.4, 0.5) is 18.9 Å². The molecule has 0 saturated heterocycles. The SMILES string of the molecule is Nc1c(Br)cnc(OC(F)(F)F)c1Cl. The van der Waals surface area contributed by atoms with Crippen molar-refractivity contribution in [1.82, 2.24) is 4.98 Å². The summed E-state index contributed by atoms with van der Waals surface area (Å²) in [4.78, 5) is 3.32. The van der Waals surface area contributed by atoms with Crippen LogP contribution in [0.25, 0.3) is 0 Å². The Kier molecular flexibility index (Phi) is 3.10. The van der Waals surface area contributed by atoms with E-state index in [1.807, 2.05) is 0 Å². The quantitative estimate of drug-likeness (QED) is 0.865. The molecule has 8 heteroatoms. The molecule has 14 heavy (non-hydrogen) atoms. The van der Waals surface area contributed by atoms with Crippen molar-refractivity contribution in [2.45, 2.75) is 6.36 Å². The number of nitrogens with zero attached hydrogens (tertiary/aromatic N) is 1. The highest BCUT2D eigenvalue weighted by atomic mass is 79.9. The largest absolute Gasteiger partial charge is 0.574 e. The van der Waals surface area contributed by atoms with Crippen LogP contribution in [0.1, 0.15) is 0 Å². The number of nitrogens with two attached hydrogens (primary N) is 1. The minimum atomic E-state index is -4.84. The molecule has 0 spiro atoms. The van der Waals surface area contributed by atoms with E-state index in [2.05, 4.69) is 25.7 Å². The maximum atomic E-state index is 11.8. The molecule has 0 bridgehead atoms. The second kappa shape index (κ2) is 3.82. The number of halogens is 5. The molecule has 0 aliphatic carbocycles. The fourth-order valence-corrected chi connectivity index (χ4v) is 1.25. The lowest BCUT2D eigenvalue weighted by Gasteiger charge is -2.10. The van der Waals surface area contributed by atoms with Gasteiger partial charge < -0.3 is 10.5 Å². The number of alkyl halides is 3. The predicted molar refractivity (Wildman–Crippen MR) is 48.0 cm³/mol. The fourth-order valence-electron chi connectivity index (χ4n) is 0.642. The van der Waals surface area contributed by atoms with Gasteiger partial charge in [-0.1, -0.05) is 11.6 Å². The molecule has 3 nitrogen and oxygen atoms in total. The zero-order valence-electron chi connectivity index (χ0n) is 6.40. The first-order valence-corrected chi connectivity index (χ1v) is 4.33. The summed E-state index contributed by atoms with van der Waals surface area (Å²) in [7, 11) is 0.